The van der Waals surface area contributed by atoms with Crippen LogP contribution in [0.15, 0.2) is 30.3 Å². The van der Waals surface area contributed by atoms with Gasteiger partial charge in [0.05, 0.1) is 12.1 Å². The number of rotatable bonds is 5. The van der Waals surface area contributed by atoms with Gasteiger partial charge in [-0.3, -0.25) is 9.69 Å². The average molecular weight is 248 g/mol. The zero-order valence-corrected chi connectivity index (χ0v) is 10.7. The fourth-order valence-electron chi connectivity index (χ4n) is 2.44. The number of hydrogen-bond acceptors (Lipinski definition) is 3. The van der Waals surface area contributed by atoms with Gasteiger partial charge in [-0.25, -0.2) is 0 Å². The Morgan fingerprint density at radius 3 is 2.78 bits per heavy atom. The van der Waals surface area contributed by atoms with Crippen molar-refractivity contribution in [1.29, 1.82) is 0 Å². The molecule has 0 spiro atoms. The summed E-state index contributed by atoms with van der Waals surface area (Å²) in [6.07, 6.45) is 1.47. The smallest absolute Gasteiger partial charge is 0.210 e. The van der Waals surface area contributed by atoms with Gasteiger partial charge in [-0.15, -0.1) is 0 Å². The molecule has 1 aliphatic rings. The highest BCUT2D eigenvalue weighted by atomic mass is 16.3. The Morgan fingerprint density at radius 2 is 2.22 bits per heavy atom. The van der Waals surface area contributed by atoms with E-state index in [1.165, 1.54) is 0 Å². The van der Waals surface area contributed by atoms with E-state index in [9.17, 15) is 9.90 Å². The van der Waals surface area contributed by atoms with E-state index in [0.29, 0.717) is 6.54 Å². The predicted molar refractivity (Wildman–Crippen MR) is 70.1 cm³/mol. The van der Waals surface area contributed by atoms with Crippen LogP contribution in [-0.4, -0.2) is 54.1 Å². The number of β-amino-alcohol motifs (C(OH)–C–C–N with tert-alkyl or cyclic N) is 1. The van der Waals surface area contributed by atoms with E-state index in [1.54, 1.807) is 11.9 Å². The third kappa shape index (κ3) is 3.09. The van der Waals surface area contributed by atoms with E-state index in [0.717, 1.165) is 31.5 Å². The van der Waals surface area contributed by atoms with Gasteiger partial charge >= 0.3 is 0 Å². The standard InChI is InChI=1S/C14H20N2O2/c1-15(11-17)14(12-5-3-2-4-6-12)10-16-8-7-13(18)9-16/h2-6,11,13-14,18H,7-10H2,1H3/t13-,14?/m0/s1. The Balaban J connectivity index is 2.08. The van der Waals surface area contributed by atoms with Crippen molar-refractivity contribution in [3.8, 4) is 0 Å². The molecule has 0 radical (unpaired) electrons. The van der Waals surface area contributed by atoms with Crippen LogP contribution in [0, 0.1) is 0 Å². The van der Waals surface area contributed by atoms with E-state index in [2.05, 4.69) is 4.90 Å². The Morgan fingerprint density at radius 1 is 1.50 bits per heavy atom. The molecule has 2 rings (SSSR count). The molecule has 2 atom stereocenters. The molecule has 4 nitrogen and oxygen atoms in total. The van der Waals surface area contributed by atoms with Crippen molar-refractivity contribution >= 4 is 6.41 Å². The molecule has 1 aliphatic heterocycles. The first-order chi connectivity index (χ1) is 8.70. The summed E-state index contributed by atoms with van der Waals surface area (Å²) in [5, 5.41) is 9.55. The molecule has 1 fully saturated rings. The lowest BCUT2D eigenvalue weighted by atomic mass is 10.1. The average Bonchev–Trinajstić information content (AvgIpc) is 2.82. The third-order valence-electron chi connectivity index (χ3n) is 3.52. The number of carbonyl (C=O) groups is 1. The molecule has 1 aromatic carbocycles. The molecule has 1 N–H and O–H groups in total. The number of amides is 1. The summed E-state index contributed by atoms with van der Waals surface area (Å²) in [5.41, 5.74) is 1.13. The number of hydrogen-bond donors (Lipinski definition) is 1. The molecule has 1 amide bonds. The van der Waals surface area contributed by atoms with E-state index in [1.807, 2.05) is 30.3 Å². The van der Waals surface area contributed by atoms with Gasteiger partial charge in [0.25, 0.3) is 0 Å². The first-order valence-corrected chi connectivity index (χ1v) is 6.33. The largest absolute Gasteiger partial charge is 0.392 e. The van der Waals surface area contributed by atoms with E-state index >= 15 is 0 Å². The lowest BCUT2D eigenvalue weighted by molar-refractivity contribution is -0.119. The van der Waals surface area contributed by atoms with Crippen LogP contribution in [0.5, 0.6) is 0 Å². The van der Waals surface area contributed by atoms with Gasteiger partial charge in [-0.2, -0.15) is 0 Å². The molecule has 1 heterocycles. The number of benzene rings is 1. The van der Waals surface area contributed by atoms with Crippen LogP contribution in [0.3, 0.4) is 0 Å². The summed E-state index contributed by atoms with van der Waals surface area (Å²) < 4.78 is 0. The maximum atomic E-state index is 11.0. The van der Waals surface area contributed by atoms with Crippen molar-refractivity contribution in [2.45, 2.75) is 18.6 Å². The zero-order valence-electron chi connectivity index (χ0n) is 10.7. The Kier molecular flexibility index (Phi) is 4.33. The van der Waals surface area contributed by atoms with Crippen molar-refractivity contribution in [3.63, 3.8) is 0 Å². The maximum Gasteiger partial charge on any atom is 0.210 e. The number of aliphatic hydroxyl groups is 1. The topological polar surface area (TPSA) is 43.8 Å². The molecule has 18 heavy (non-hydrogen) atoms. The minimum absolute atomic E-state index is 0.0500. The highest BCUT2D eigenvalue weighted by molar-refractivity contribution is 5.48. The van der Waals surface area contributed by atoms with E-state index in [-0.39, 0.29) is 12.1 Å². The quantitative estimate of drug-likeness (QED) is 0.787. The number of likely N-dealkylation sites (N-methyl/N-ethyl adjacent to an activating group) is 1. The van der Waals surface area contributed by atoms with Gasteiger partial charge < -0.3 is 10.0 Å². The van der Waals surface area contributed by atoms with Gasteiger partial charge in [-0.1, -0.05) is 30.3 Å². The monoisotopic (exact) mass is 248 g/mol. The van der Waals surface area contributed by atoms with Crippen LogP contribution < -0.4 is 0 Å². The Hall–Kier alpha value is -1.39. The Labute approximate surface area is 108 Å². The van der Waals surface area contributed by atoms with Crippen molar-refractivity contribution in [2.24, 2.45) is 0 Å². The summed E-state index contributed by atoms with van der Waals surface area (Å²) in [4.78, 5) is 14.9. The van der Waals surface area contributed by atoms with Crippen LogP contribution in [0.25, 0.3) is 0 Å². The molecule has 0 aliphatic carbocycles. The highest BCUT2D eigenvalue weighted by Crippen LogP contribution is 2.21. The van der Waals surface area contributed by atoms with E-state index < -0.39 is 0 Å². The van der Waals surface area contributed by atoms with Crippen molar-refractivity contribution < 1.29 is 9.90 Å². The maximum absolute atomic E-state index is 11.0. The summed E-state index contributed by atoms with van der Waals surface area (Å²) in [7, 11) is 1.80. The van der Waals surface area contributed by atoms with Gasteiger partial charge in [-0.05, 0) is 12.0 Å². The third-order valence-corrected chi connectivity index (χ3v) is 3.52. The number of aliphatic hydroxyl groups excluding tert-OH is 1. The molecule has 1 unspecified atom stereocenters. The second kappa shape index (κ2) is 5.98. The van der Waals surface area contributed by atoms with E-state index in [4.69, 9.17) is 0 Å². The van der Waals surface area contributed by atoms with Gasteiger partial charge in [0.15, 0.2) is 0 Å². The first kappa shape index (κ1) is 13.1. The van der Waals surface area contributed by atoms with Crippen LogP contribution in [0.4, 0.5) is 0 Å². The minimum atomic E-state index is -0.219. The summed E-state index contributed by atoms with van der Waals surface area (Å²) >= 11 is 0. The molecular weight excluding hydrogens is 228 g/mol. The second-order valence-corrected chi connectivity index (χ2v) is 4.90. The number of carbonyl (C=O) groups excluding carboxylic acids is 1. The summed E-state index contributed by atoms with van der Waals surface area (Å²) in [6, 6.07) is 10.1. The second-order valence-electron chi connectivity index (χ2n) is 4.90. The number of nitrogens with zero attached hydrogens (tertiary/aromatic N) is 2. The molecule has 1 aromatic rings. The highest BCUT2D eigenvalue weighted by Gasteiger charge is 2.25. The molecule has 0 saturated carbocycles. The predicted octanol–water partition coefficient (Wildman–Crippen LogP) is 0.882. The van der Waals surface area contributed by atoms with Crippen LogP contribution in [0.2, 0.25) is 0 Å². The fraction of sp³-hybridized carbons (Fsp3) is 0.500. The fourth-order valence-corrected chi connectivity index (χ4v) is 2.44. The summed E-state index contributed by atoms with van der Waals surface area (Å²) in [6.45, 7) is 2.38. The molecular formula is C14H20N2O2. The molecule has 4 heteroatoms. The summed E-state index contributed by atoms with van der Waals surface area (Å²) in [5.74, 6) is 0. The number of likely N-dealkylation sites (tertiary alicyclic amines) is 1. The van der Waals surface area contributed by atoms with Crippen molar-refractivity contribution in [3.05, 3.63) is 35.9 Å². The normalized spacial score (nSPS) is 21.8. The molecule has 1 saturated heterocycles. The lowest BCUT2D eigenvalue weighted by Gasteiger charge is -2.29. The van der Waals surface area contributed by atoms with Crippen molar-refractivity contribution in [1.82, 2.24) is 9.80 Å². The minimum Gasteiger partial charge on any atom is -0.392 e. The van der Waals surface area contributed by atoms with Gasteiger partial charge in [0.1, 0.15) is 0 Å². The first-order valence-electron chi connectivity index (χ1n) is 6.33. The molecule has 98 valence electrons. The SMILES string of the molecule is CN(C=O)C(CN1CC[C@H](O)C1)c1ccccc1. The van der Waals surface area contributed by atoms with Gasteiger partial charge in [0, 0.05) is 26.7 Å². The van der Waals surface area contributed by atoms with Gasteiger partial charge in [0.2, 0.25) is 6.41 Å². The Bertz CT molecular complexity index is 383. The van der Waals surface area contributed by atoms with Crippen LogP contribution >= 0.6 is 0 Å². The van der Waals surface area contributed by atoms with Crippen LogP contribution in [-0.2, 0) is 4.79 Å². The van der Waals surface area contributed by atoms with Crippen LogP contribution in [0.1, 0.15) is 18.0 Å². The van der Waals surface area contributed by atoms with Crippen molar-refractivity contribution in [2.75, 3.05) is 26.7 Å². The molecule has 0 aromatic heterocycles. The molecule has 0 bridgehead atoms. The zero-order chi connectivity index (χ0) is 13.0. The lowest BCUT2D eigenvalue weighted by Crippen LogP contribution is -2.35.